The molecule has 1 aliphatic rings. The second kappa shape index (κ2) is 5.62. The number of aromatic amines is 1. The van der Waals surface area contributed by atoms with E-state index in [0.717, 1.165) is 0 Å². The minimum Gasteiger partial charge on any atom is -0.391 e. The van der Waals surface area contributed by atoms with Gasteiger partial charge < -0.3 is 20.7 Å². The van der Waals surface area contributed by atoms with Crippen molar-refractivity contribution in [1.82, 2.24) is 24.4 Å². The maximum Gasteiger partial charge on any atom is 0.293 e. The summed E-state index contributed by atoms with van der Waals surface area (Å²) in [6.45, 7) is 2.93. The summed E-state index contributed by atoms with van der Waals surface area (Å²) in [7, 11) is 0. The minimum atomic E-state index is -1.82. The molecule has 6 N–H and O–H groups in total. The van der Waals surface area contributed by atoms with E-state index >= 15 is 0 Å². The Bertz CT molecular complexity index is 900. The molecule has 0 aromatic carbocycles. The molecule has 0 radical (unpaired) electrons. The summed E-state index contributed by atoms with van der Waals surface area (Å²) in [6.07, 6.45) is 0.449. The number of rotatable bonds is 4. The van der Waals surface area contributed by atoms with Gasteiger partial charge in [-0.25, -0.2) is 4.98 Å². The number of anilines is 1. The number of H-pyrrole nitrogens is 1. The van der Waals surface area contributed by atoms with E-state index in [9.17, 15) is 15.0 Å². The molecule has 0 amide bonds. The first-order valence-corrected chi connectivity index (χ1v) is 6.87. The molecule has 1 aliphatic heterocycles. The first kappa shape index (κ1) is 16.0. The number of aromatic nitrogens is 4. The van der Waals surface area contributed by atoms with Crippen LogP contribution in [0.1, 0.15) is 6.23 Å². The number of aliphatic hydroxyl groups is 2. The van der Waals surface area contributed by atoms with Crippen molar-refractivity contribution in [2.45, 2.75) is 18.1 Å². The van der Waals surface area contributed by atoms with Crippen molar-refractivity contribution in [3.8, 4) is 0 Å². The monoisotopic (exact) mass is 335 g/mol. The Balaban J connectivity index is 2.17. The van der Waals surface area contributed by atoms with Crippen LogP contribution >= 0.6 is 0 Å². The second-order valence-electron chi connectivity index (χ2n) is 5.24. The van der Waals surface area contributed by atoms with E-state index in [1.165, 1.54) is 17.0 Å². The van der Waals surface area contributed by atoms with Crippen molar-refractivity contribution in [3.05, 3.63) is 29.3 Å². The highest BCUT2D eigenvalue weighted by atomic mass is 16.6. The fourth-order valence-corrected chi connectivity index (χ4v) is 2.76. The third-order valence-electron chi connectivity index (χ3n) is 3.92. The molecule has 1 saturated heterocycles. The van der Waals surface area contributed by atoms with Gasteiger partial charge in [0.2, 0.25) is 10.9 Å². The number of fused-ring (bicyclic) bond motifs is 1. The van der Waals surface area contributed by atoms with Crippen LogP contribution in [0.15, 0.2) is 28.9 Å². The van der Waals surface area contributed by atoms with Crippen molar-refractivity contribution in [2.24, 2.45) is 11.0 Å². The smallest absolute Gasteiger partial charge is 0.293 e. The normalized spacial score (nSPS) is 29.5. The average molecular weight is 335 g/mol. The van der Waals surface area contributed by atoms with Gasteiger partial charge in [-0.15, -0.1) is 6.58 Å². The molecule has 3 rings (SSSR count). The van der Waals surface area contributed by atoms with Gasteiger partial charge in [0.05, 0.1) is 12.2 Å². The molecule has 2 aromatic rings. The van der Waals surface area contributed by atoms with Crippen LogP contribution in [0.5, 0.6) is 0 Å². The van der Waals surface area contributed by atoms with Gasteiger partial charge in [0, 0.05) is 0 Å². The quantitative estimate of drug-likeness (QED) is 0.258. The summed E-state index contributed by atoms with van der Waals surface area (Å²) in [6, 6.07) is 0. The number of hydrogen-bond donors (Lipinski definition) is 5. The molecule has 0 spiro atoms. The van der Waals surface area contributed by atoms with Crippen LogP contribution in [0, 0.1) is 11.4 Å². The number of hydrogen-bond acceptors (Lipinski definition) is 9. The zero-order valence-corrected chi connectivity index (χ0v) is 12.3. The highest BCUT2D eigenvalue weighted by molar-refractivity contribution is 5.70. The van der Waals surface area contributed by atoms with E-state index in [-0.39, 0.29) is 17.1 Å². The molecule has 0 aliphatic carbocycles. The Hall–Kier alpha value is -2.92. The van der Waals surface area contributed by atoms with Gasteiger partial charge in [-0.1, -0.05) is 6.08 Å². The van der Waals surface area contributed by atoms with Crippen LogP contribution in [0.25, 0.3) is 11.2 Å². The summed E-state index contributed by atoms with van der Waals surface area (Å²) in [5, 5.41) is 23.5. The van der Waals surface area contributed by atoms with Crippen molar-refractivity contribution in [2.75, 3.05) is 12.3 Å². The van der Waals surface area contributed by atoms with Crippen LogP contribution in [0.3, 0.4) is 0 Å². The summed E-state index contributed by atoms with van der Waals surface area (Å²) in [4.78, 5) is 25.1. The summed E-state index contributed by atoms with van der Waals surface area (Å²) >= 11 is 0. The average Bonchev–Trinajstić information content (AvgIpc) is 3.08. The SMILES string of the molecule is C=C[C@@H]1[C@H](n2cnc3c(=O)[nH]c(N)nc32)O[C@@](CO)(N=[N+]=N)[C@H]1O. The molecule has 3 heterocycles. The molecule has 4 atom stereocenters. The molecule has 1 fully saturated rings. The largest absolute Gasteiger partial charge is 0.391 e. The lowest BCUT2D eigenvalue weighted by atomic mass is 9.96. The molecule has 24 heavy (non-hydrogen) atoms. The van der Waals surface area contributed by atoms with Crippen LogP contribution in [-0.2, 0) is 4.74 Å². The predicted octanol–water partition coefficient (Wildman–Crippen LogP) is -1.37. The van der Waals surface area contributed by atoms with Gasteiger partial charge in [0.25, 0.3) is 11.3 Å². The van der Waals surface area contributed by atoms with Gasteiger partial charge in [0.1, 0.15) is 24.5 Å². The Labute approximate surface area is 133 Å². The predicted molar refractivity (Wildman–Crippen MR) is 79.5 cm³/mol. The van der Waals surface area contributed by atoms with Crippen molar-refractivity contribution in [3.63, 3.8) is 0 Å². The topological polar surface area (TPSA) is 190 Å². The molecule has 2 aromatic heterocycles. The highest BCUT2D eigenvalue weighted by Gasteiger charge is 2.58. The minimum absolute atomic E-state index is 0.0359. The molecular weight excluding hydrogens is 320 g/mol. The Morgan fingerprint density at radius 1 is 1.71 bits per heavy atom. The van der Waals surface area contributed by atoms with Gasteiger partial charge in [-0.2, -0.15) is 4.98 Å². The van der Waals surface area contributed by atoms with Crippen molar-refractivity contribution >= 4 is 17.1 Å². The third kappa shape index (κ3) is 2.13. The van der Waals surface area contributed by atoms with Crippen molar-refractivity contribution < 1.29 is 14.9 Å². The fraction of sp³-hybridized carbons (Fsp3) is 0.417. The number of imidazole rings is 1. The molecular formula is C12H15N8O4+. The van der Waals surface area contributed by atoms with E-state index in [2.05, 4.69) is 31.6 Å². The number of nitrogens with zero attached hydrogens (tertiary/aromatic N) is 5. The summed E-state index contributed by atoms with van der Waals surface area (Å²) in [5.74, 6) is -0.843. The van der Waals surface area contributed by atoms with E-state index in [1.807, 2.05) is 0 Å². The Morgan fingerprint density at radius 2 is 2.46 bits per heavy atom. The summed E-state index contributed by atoms with van der Waals surface area (Å²) < 4.78 is 7.05. The van der Waals surface area contributed by atoms with E-state index < -0.39 is 36.1 Å². The lowest BCUT2D eigenvalue weighted by Crippen LogP contribution is -2.43. The lowest BCUT2D eigenvalue weighted by molar-refractivity contribution is -0.126. The molecule has 12 nitrogen and oxygen atoms in total. The van der Waals surface area contributed by atoms with Crippen LogP contribution in [0.4, 0.5) is 5.95 Å². The number of aliphatic hydroxyl groups excluding tert-OH is 2. The Kier molecular flexibility index (Phi) is 3.73. The van der Waals surface area contributed by atoms with Gasteiger partial charge in [-0.05, 0) is 0 Å². The zero-order valence-electron chi connectivity index (χ0n) is 12.3. The van der Waals surface area contributed by atoms with Gasteiger partial charge in [-0.3, -0.25) is 14.3 Å². The maximum atomic E-state index is 11.9. The maximum absolute atomic E-state index is 11.9. The molecule has 12 heteroatoms. The molecule has 126 valence electrons. The standard InChI is InChI=1S/C12H14N8O4/c1-2-5-7(22)12(3-21,18-19-14)24-10(5)20-4-15-6-8(20)16-11(13)17-9(6)23/h2,4-5,7,10,14,21-22H,1,3H2,(H2-,13,16,17,23)/p+1/t5-,7-,10+,12+/m0/s1. The van der Waals surface area contributed by atoms with Crippen LogP contribution in [-0.4, -0.2) is 48.2 Å². The highest BCUT2D eigenvalue weighted by Crippen LogP contribution is 2.43. The van der Waals surface area contributed by atoms with Gasteiger partial charge in [0.15, 0.2) is 16.3 Å². The van der Waals surface area contributed by atoms with Crippen molar-refractivity contribution in [1.29, 1.82) is 5.53 Å². The van der Waals surface area contributed by atoms with E-state index in [1.54, 1.807) is 0 Å². The fourth-order valence-electron chi connectivity index (χ4n) is 2.76. The van der Waals surface area contributed by atoms with E-state index in [4.69, 9.17) is 16.0 Å². The number of nitrogens with two attached hydrogens (primary N) is 1. The second-order valence-corrected chi connectivity index (χ2v) is 5.24. The lowest BCUT2D eigenvalue weighted by Gasteiger charge is -2.18. The van der Waals surface area contributed by atoms with Crippen LogP contribution < -0.4 is 16.2 Å². The number of nitrogen functional groups attached to an aromatic ring is 1. The third-order valence-corrected chi connectivity index (χ3v) is 3.92. The van der Waals surface area contributed by atoms with Crippen LogP contribution in [0.2, 0.25) is 0 Å². The molecule has 0 bridgehead atoms. The Morgan fingerprint density at radius 3 is 3.08 bits per heavy atom. The summed E-state index contributed by atoms with van der Waals surface area (Å²) in [5.41, 5.74) is 10.3. The van der Waals surface area contributed by atoms with Gasteiger partial charge >= 0.3 is 0 Å². The molecule has 0 saturated carbocycles. The molecule has 0 unspecified atom stereocenters. The zero-order chi connectivity index (χ0) is 17.5. The first-order valence-electron chi connectivity index (χ1n) is 6.87. The number of ether oxygens (including phenoxy) is 1. The number of nitrogens with one attached hydrogen (secondary N) is 2. The first-order chi connectivity index (χ1) is 11.5. The van der Waals surface area contributed by atoms with E-state index in [0.29, 0.717) is 0 Å².